The Balaban J connectivity index is 2.28. The van der Waals surface area contributed by atoms with E-state index < -0.39 is 5.60 Å². The van der Waals surface area contributed by atoms with Crippen molar-refractivity contribution in [1.82, 2.24) is 0 Å². The molecule has 2 heteroatoms. The Kier molecular flexibility index (Phi) is 3.08. The van der Waals surface area contributed by atoms with E-state index in [0.717, 1.165) is 24.8 Å². The van der Waals surface area contributed by atoms with Gasteiger partial charge in [0.05, 0.1) is 0 Å². The van der Waals surface area contributed by atoms with Gasteiger partial charge in [-0.1, -0.05) is 43.7 Å². The van der Waals surface area contributed by atoms with E-state index in [1.807, 2.05) is 30.3 Å². The van der Waals surface area contributed by atoms with E-state index in [1.54, 1.807) is 0 Å². The van der Waals surface area contributed by atoms with Crippen LogP contribution in [0, 0.1) is 5.92 Å². The summed E-state index contributed by atoms with van der Waals surface area (Å²) in [6.45, 7) is 2.22. The van der Waals surface area contributed by atoms with E-state index in [0.29, 0.717) is 5.92 Å². The van der Waals surface area contributed by atoms with E-state index in [9.17, 15) is 5.26 Å². The van der Waals surface area contributed by atoms with Gasteiger partial charge in [0.25, 0.3) is 0 Å². The first-order chi connectivity index (χ1) is 7.27. The summed E-state index contributed by atoms with van der Waals surface area (Å²) in [5, 5.41) is 9.21. The molecule has 1 fully saturated rings. The number of hydrogen-bond donors (Lipinski definition) is 1. The van der Waals surface area contributed by atoms with Gasteiger partial charge in [-0.25, -0.2) is 4.89 Å². The van der Waals surface area contributed by atoms with Crippen LogP contribution in [0.3, 0.4) is 0 Å². The number of benzene rings is 1. The third kappa shape index (κ3) is 2.06. The average Bonchev–Trinajstić information content (AvgIpc) is 2.30. The summed E-state index contributed by atoms with van der Waals surface area (Å²) in [5.74, 6) is 0.617. The van der Waals surface area contributed by atoms with Crippen molar-refractivity contribution in [3.63, 3.8) is 0 Å². The third-order valence-corrected chi connectivity index (χ3v) is 3.43. The summed E-state index contributed by atoms with van der Waals surface area (Å²) in [6.07, 6.45) is 4.18. The lowest BCUT2D eigenvalue weighted by molar-refractivity contribution is -0.340. The van der Waals surface area contributed by atoms with Crippen molar-refractivity contribution in [1.29, 1.82) is 0 Å². The maximum absolute atomic E-state index is 9.21. The van der Waals surface area contributed by atoms with Crippen molar-refractivity contribution in [2.24, 2.45) is 5.92 Å². The number of rotatable bonds is 2. The van der Waals surface area contributed by atoms with Gasteiger partial charge in [0.15, 0.2) is 0 Å². The summed E-state index contributed by atoms with van der Waals surface area (Å²) >= 11 is 0. The van der Waals surface area contributed by atoms with Crippen LogP contribution >= 0.6 is 0 Å². The Morgan fingerprint density at radius 2 is 2.07 bits per heavy atom. The van der Waals surface area contributed by atoms with Crippen LogP contribution in [-0.2, 0) is 10.5 Å². The monoisotopic (exact) mass is 206 g/mol. The van der Waals surface area contributed by atoms with Crippen LogP contribution in [0.2, 0.25) is 0 Å². The standard InChI is InChI=1S/C13H18O2/c1-11-6-5-9-13(10-11,15-14)12-7-3-2-4-8-12/h2-4,7-8,11,14H,5-6,9-10H2,1H3/t11-,13-/m1/s1. The zero-order valence-electron chi connectivity index (χ0n) is 9.15. The topological polar surface area (TPSA) is 29.5 Å². The van der Waals surface area contributed by atoms with Crippen LogP contribution in [0.4, 0.5) is 0 Å². The summed E-state index contributed by atoms with van der Waals surface area (Å²) < 4.78 is 0. The van der Waals surface area contributed by atoms with Gasteiger partial charge in [-0.05, 0) is 30.7 Å². The molecule has 0 saturated heterocycles. The SMILES string of the molecule is C[C@@H]1CCC[C@](OO)(c2ccccc2)C1. The van der Waals surface area contributed by atoms with E-state index >= 15 is 0 Å². The fraction of sp³-hybridized carbons (Fsp3) is 0.538. The molecule has 0 bridgehead atoms. The zero-order valence-corrected chi connectivity index (χ0v) is 9.15. The highest BCUT2D eigenvalue weighted by Crippen LogP contribution is 2.42. The minimum absolute atomic E-state index is 0.459. The van der Waals surface area contributed by atoms with Gasteiger partial charge in [-0.3, -0.25) is 5.26 Å². The molecule has 1 saturated carbocycles. The van der Waals surface area contributed by atoms with Gasteiger partial charge < -0.3 is 0 Å². The lowest BCUT2D eigenvalue weighted by atomic mass is 9.75. The zero-order chi connectivity index (χ0) is 10.7. The first kappa shape index (κ1) is 10.7. The lowest BCUT2D eigenvalue weighted by Gasteiger charge is -2.37. The van der Waals surface area contributed by atoms with Crippen molar-refractivity contribution < 1.29 is 10.1 Å². The molecule has 1 aromatic carbocycles. The van der Waals surface area contributed by atoms with E-state index in [2.05, 4.69) is 6.92 Å². The van der Waals surface area contributed by atoms with Crippen LogP contribution in [0.1, 0.15) is 38.2 Å². The molecule has 1 N–H and O–H groups in total. The quantitative estimate of drug-likeness (QED) is 0.592. The van der Waals surface area contributed by atoms with Crippen molar-refractivity contribution in [2.45, 2.75) is 38.2 Å². The van der Waals surface area contributed by atoms with E-state index in [4.69, 9.17) is 4.89 Å². The molecule has 0 aromatic heterocycles. The largest absolute Gasteiger partial charge is 0.251 e. The highest BCUT2D eigenvalue weighted by molar-refractivity contribution is 5.23. The Bertz CT molecular complexity index is 310. The van der Waals surface area contributed by atoms with Gasteiger partial charge in [-0.2, -0.15) is 0 Å². The van der Waals surface area contributed by atoms with Crippen LogP contribution in [0.25, 0.3) is 0 Å². The molecule has 0 unspecified atom stereocenters. The first-order valence-electron chi connectivity index (χ1n) is 5.65. The van der Waals surface area contributed by atoms with Crippen LogP contribution in [0.15, 0.2) is 30.3 Å². The molecular formula is C13H18O2. The molecule has 0 spiro atoms. The predicted molar refractivity (Wildman–Crippen MR) is 59.5 cm³/mol. The Labute approximate surface area is 90.8 Å². The Morgan fingerprint density at radius 3 is 2.67 bits per heavy atom. The first-order valence-corrected chi connectivity index (χ1v) is 5.65. The van der Waals surface area contributed by atoms with E-state index in [-0.39, 0.29) is 0 Å². The molecular weight excluding hydrogens is 188 g/mol. The molecule has 0 aliphatic heterocycles. The normalized spacial score (nSPS) is 31.5. The fourth-order valence-corrected chi connectivity index (χ4v) is 2.64. The molecule has 0 amide bonds. The van der Waals surface area contributed by atoms with Crippen molar-refractivity contribution in [3.8, 4) is 0 Å². The van der Waals surface area contributed by atoms with Crippen LogP contribution < -0.4 is 0 Å². The van der Waals surface area contributed by atoms with Crippen molar-refractivity contribution in [3.05, 3.63) is 35.9 Å². The van der Waals surface area contributed by atoms with Gasteiger partial charge in [0, 0.05) is 0 Å². The second-order valence-corrected chi connectivity index (χ2v) is 4.65. The van der Waals surface area contributed by atoms with Gasteiger partial charge >= 0.3 is 0 Å². The van der Waals surface area contributed by atoms with Crippen LogP contribution in [-0.4, -0.2) is 5.26 Å². The third-order valence-electron chi connectivity index (χ3n) is 3.43. The molecule has 82 valence electrons. The molecule has 2 rings (SSSR count). The van der Waals surface area contributed by atoms with E-state index in [1.165, 1.54) is 6.42 Å². The minimum Gasteiger partial charge on any atom is -0.251 e. The lowest BCUT2D eigenvalue weighted by Crippen LogP contribution is -2.34. The van der Waals surface area contributed by atoms with Gasteiger partial charge in [0.1, 0.15) is 5.60 Å². The summed E-state index contributed by atoms with van der Waals surface area (Å²) in [6, 6.07) is 10.0. The molecule has 0 heterocycles. The Morgan fingerprint density at radius 1 is 1.33 bits per heavy atom. The molecule has 2 nitrogen and oxygen atoms in total. The van der Waals surface area contributed by atoms with Gasteiger partial charge in [0.2, 0.25) is 0 Å². The number of hydrogen-bond acceptors (Lipinski definition) is 2. The predicted octanol–water partition coefficient (Wildman–Crippen LogP) is 3.58. The molecule has 1 aliphatic rings. The second-order valence-electron chi connectivity index (χ2n) is 4.65. The molecule has 2 atom stereocenters. The summed E-state index contributed by atoms with van der Waals surface area (Å²) in [5.41, 5.74) is 0.637. The van der Waals surface area contributed by atoms with Crippen molar-refractivity contribution >= 4 is 0 Å². The fourth-order valence-electron chi connectivity index (χ4n) is 2.64. The molecule has 15 heavy (non-hydrogen) atoms. The Hall–Kier alpha value is -0.860. The molecule has 1 aliphatic carbocycles. The second kappa shape index (κ2) is 4.33. The molecule has 0 radical (unpaired) electrons. The average molecular weight is 206 g/mol. The highest BCUT2D eigenvalue weighted by Gasteiger charge is 2.38. The van der Waals surface area contributed by atoms with Crippen molar-refractivity contribution in [2.75, 3.05) is 0 Å². The smallest absolute Gasteiger partial charge is 0.128 e. The maximum atomic E-state index is 9.21. The summed E-state index contributed by atoms with van der Waals surface area (Å²) in [7, 11) is 0. The minimum atomic E-state index is -0.459. The van der Waals surface area contributed by atoms with Crippen LogP contribution in [0.5, 0.6) is 0 Å². The summed E-state index contributed by atoms with van der Waals surface area (Å²) in [4.78, 5) is 4.84. The maximum Gasteiger partial charge on any atom is 0.128 e. The molecule has 1 aromatic rings. The van der Waals surface area contributed by atoms with Gasteiger partial charge in [-0.15, -0.1) is 0 Å². The highest BCUT2D eigenvalue weighted by atomic mass is 17.1.